The molecule has 1 unspecified atom stereocenters. The molecule has 0 heterocycles. The van der Waals surface area contributed by atoms with Gasteiger partial charge in [-0.25, -0.2) is 12.8 Å². The molecule has 0 fully saturated rings. The monoisotopic (exact) mass is 511 g/mol. The van der Waals surface area contributed by atoms with Crippen molar-refractivity contribution in [3.05, 3.63) is 96.3 Å². The number of para-hydroxylation sites is 1. The van der Waals surface area contributed by atoms with Gasteiger partial charge in [-0.15, -0.1) is 0 Å². The lowest BCUT2D eigenvalue weighted by molar-refractivity contribution is -0.139. The van der Waals surface area contributed by atoms with Crippen molar-refractivity contribution in [3.63, 3.8) is 0 Å². The Balaban J connectivity index is 1.98. The zero-order valence-corrected chi connectivity index (χ0v) is 21.3. The maximum absolute atomic E-state index is 13.7. The number of amides is 2. The molecule has 190 valence electrons. The first kappa shape index (κ1) is 26.9. The largest absolute Gasteiger partial charge is 0.352 e. The van der Waals surface area contributed by atoms with Crippen LogP contribution in [-0.2, 0) is 26.2 Å². The Hall–Kier alpha value is -3.72. The predicted molar refractivity (Wildman–Crippen MR) is 137 cm³/mol. The molecule has 36 heavy (non-hydrogen) atoms. The van der Waals surface area contributed by atoms with E-state index in [0.717, 1.165) is 4.31 Å². The second kappa shape index (κ2) is 11.8. The maximum Gasteiger partial charge on any atom is 0.264 e. The summed E-state index contributed by atoms with van der Waals surface area (Å²) in [7, 11) is -4.09. The van der Waals surface area contributed by atoms with Crippen LogP contribution in [-0.4, -0.2) is 43.8 Å². The van der Waals surface area contributed by atoms with Crippen molar-refractivity contribution >= 4 is 27.5 Å². The number of carbonyl (C=O) groups is 2. The molecule has 1 N–H and O–H groups in total. The lowest BCUT2D eigenvalue weighted by Gasteiger charge is -2.32. The van der Waals surface area contributed by atoms with Crippen molar-refractivity contribution in [3.8, 4) is 0 Å². The van der Waals surface area contributed by atoms with Crippen molar-refractivity contribution < 1.29 is 22.4 Å². The molecule has 3 aromatic carbocycles. The Morgan fingerprint density at radius 2 is 1.42 bits per heavy atom. The highest BCUT2D eigenvalue weighted by Crippen LogP contribution is 2.24. The van der Waals surface area contributed by atoms with Crippen LogP contribution in [0.15, 0.2) is 89.8 Å². The summed E-state index contributed by atoms with van der Waals surface area (Å²) in [5.74, 6) is -1.38. The summed E-state index contributed by atoms with van der Waals surface area (Å²) in [5.41, 5.74) is 0.918. The second-order valence-corrected chi connectivity index (χ2v) is 10.5. The molecule has 1 atom stereocenters. The molecule has 0 aliphatic rings. The van der Waals surface area contributed by atoms with Gasteiger partial charge in [-0.05, 0) is 62.7 Å². The number of benzene rings is 3. The van der Waals surface area contributed by atoms with Crippen LogP contribution < -0.4 is 9.62 Å². The molecule has 3 aromatic rings. The zero-order valence-electron chi connectivity index (χ0n) is 20.5. The van der Waals surface area contributed by atoms with E-state index in [1.165, 1.54) is 41.3 Å². The van der Waals surface area contributed by atoms with Gasteiger partial charge in [0.1, 0.15) is 18.4 Å². The summed E-state index contributed by atoms with van der Waals surface area (Å²) in [6.45, 7) is 4.67. The quantitative estimate of drug-likeness (QED) is 0.446. The normalized spacial score (nSPS) is 12.1. The van der Waals surface area contributed by atoms with Crippen molar-refractivity contribution in [1.82, 2.24) is 10.2 Å². The van der Waals surface area contributed by atoms with Gasteiger partial charge in [0.05, 0.1) is 10.6 Å². The van der Waals surface area contributed by atoms with Crippen molar-refractivity contribution in [2.45, 2.75) is 44.3 Å². The lowest BCUT2D eigenvalue weighted by Crippen LogP contribution is -2.52. The highest BCUT2D eigenvalue weighted by molar-refractivity contribution is 7.92. The van der Waals surface area contributed by atoms with E-state index in [1.54, 1.807) is 69.3 Å². The molecule has 2 amide bonds. The summed E-state index contributed by atoms with van der Waals surface area (Å²) in [6, 6.07) is 20.7. The van der Waals surface area contributed by atoms with Gasteiger partial charge in [0.15, 0.2) is 0 Å². The molecule has 0 aromatic heterocycles. The molecular weight excluding hydrogens is 481 g/mol. The average molecular weight is 512 g/mol. The third kappa shape index (κ3) is 6.69. The minimum atomic E-state index is -4.09. The van der Waals surface area contributed by atoms with Gasteiger partial charge in [-0.2, -0.15) is 0 Å². The second-order valence-electron chi connectivity index (χ2n) is 8.65. The fraction of sp³-hybridized carbons (Fsp3) is 0.259. The van der Waals surface area contributed by atoms with Crippen LogP contribution in [0.2, 0.25) is 0 Å². The fourth-order valence-electron chi connectivity index (χ4n) is 3.62. The van der Waals surface area contributed by atoms with Crippen LogP contribution in [0.25, 0.3) is 0 Å². The van der Waals surface area contributed by atoms with Crippen LogP contribution in [0.1, 0.15) is 26.3 Å². The number of halogens is 1. The number of carbonyl (C=O) groups excluding carboxylic acids is 2. The summed E-state index contributed by atoms with van der Waals surface area (Å²) < 4.78 is 41.6. The summed E-state index contributed by atoms with van der Waals surface area (Å²) in [6.07, 6.45) is 0. The highest BCUT2D eigenvalue weighted by atomic mass is 32.2. The highest BCUT2D eigenvalue weighted by Gasteiger charge is 2.32. The number of rotatable bonds is 10. The van der Waals surface area contributed by atoms with Gasteiger partial charge >= 0.3 is 0 Å². The number of sulfonamides is 1. The standard InChI is InChI=1S/C27H30FN3O4S/c1-20(2)29-27(33)21(3)30(18-22-14-16-23(28)17-15-22)26(32)19-31(24-10-6-4-7-11-24)36(34,35)25-12-8-5-9-13-25/h4-17,20-21H,18-19H2,1-3H3,(H,29,33). The SMILES string of the molecule is CC(C)NC(=O)C(C)N(Cc1ccc(F)cc1)C(=O)CN(c1ccccc1)S(=O)(=O)c1ccccc1. The fourth-order valence-corrected chi connectivity index (χ4v) is 5.05. The molecular formula is C27H30FN3O4S. The molecule has 3 rings (SSSR count). The van der Waals surface area contributed by atoms with Crippen molar-refractivity contribution in [1.29, 1.82) is 0 Å². The number of nitrogens with zero attached hydrogens (tertiary/aromatic N) is 2. The summed E-state index contributed by atoms with van der Waals surface area (Å²) in [4.78, 5) is 27.8. The number of hydrogen-bond donors (Lipinski definition) is 1. The first-order chi connectivity index (χ1) is 17.1. The third-order valence-electron chi connectivity index (χ3n) is 5.52. The van der Waals surface area contributed by atoms with E-state index in [9.17, 15) is 22.4 Å². The zero-order chi connectivity index (χ0) is 26.3. The molecule has 7 nitrogen and oxygen atoms in total. The first-order valence-corrected chi connectivity index (χ1v) is 13.0. The van der Waals surface area contributed by atoms with E-state index < -0.39 is 34.3 Å². The molecule has 0 radical (unpaired) electrons. The van der Waals surface area contributed by atoms with Crippen LogP contribution in [0.5, 0.6) is 0 Å². The number of hydrogen-bond acceptors (Lipinski definition) is 4. The Bertz CT molecular complexity index is 1270. The van der Waals surface area contributed by atoms with E-state index in [4.69, 9.17) is 0 Å². The van der Waals surface area contributed by atoms with E-state index in [-0.39, 0.29) is 23.4 Å². The molecule has 0 bridgehead atoms. The Morgan fingerprint density at radius 1 is 0.861 bits per heavy atom. The van der Waals surface area contributed by atoms with Crippen LogP contribution in [0.4, 0.5) is 10.1 Å². The van der Waals surface area contributed by atoms with Gasteiger partial charge in [0.25, 0.3) is 10.0 Å². The van der Waals surface area contributed by atoms with Gasteiger partial charge in [-0.3, -0.25) is 13.9 Å². The van der Waals surface area contributed by atoms with Gasteiger partial charge in [0, 0.05) is 12.6 Å². The molecule has 0 spiro atoms. The minimum Gasteiger partial charge on any atom is -0.352 e. The van der Waals surface area contributed by atoms with E-state index in [0.29, 0.717) is 11.3 Å². The van der Waals surface area contributed by atoms with E-state index in [2.05, 4.69) is 5.32 Å². The molecule has 0 aliphatic heterocycles. The van der Waals surface area contributed by atoms with Crippen LogP contribution >= 0.6 is 0 Å². The lowest BCUT2D eigenvalue weighted by atomic mass is 10.1. The molecule has 0 saturated heterocycles. The smallest absolute Gasteiger partial charge is 0.264 e. The topological polar surface area (TPSA) is 86.8 Å². The first-order valence-electron chi connectivity index (χ1n) is 11.6. The van der Waals surface area contributed by atoms with Crippen molar-refractivity contribution in [2.75, 3.05) is 10.8 Å². The Morgan fingerprint density at radius 3 is 1.97 bits per heavy atom. The van der Waals surface area contributed by atoms with E-state index in [1.807, 2.05) is 0 Å². The Labute approximate surface area is 211 Å². The van der Waals surface area contributed by atoms with E-state index >= 15 is 0 Å². The van der Waals surface area contributed by atoms with Crippen LogP contribution in [0, 0.1) is 5.82 Å². The summed E-state index contributed by atoms with van der Waals surface area (Å²) in [5, 5.41) is 2.79. The predicted octanol–water partition coefficient (Wildman–Crippen LogP) is 3.96. The Kier molecular flexibility index (Phi) is 8.82. The van der Waals surface area contributed by atoms with Gasteiger partial charge in [0.2, 0.25) is 11.8 Å². The van der Waals surface area contributed by atoms with Crippen molar-refractivity contribution in [2.24, 2.45) is 0 Å². The average Bonchev–Trinajstić information content (AvgIpc) is 2.87. The molecule has 9 heteroatoms. The summed E-state index contributed by atoms with van der Waals surface area (Å²) >= 11 is 0. The van der Waals surface area contributed by atoms with Gasteiger partial charge in [-0.1, -0.05) is 48.5 Å². The maximum atomic E-state index is 13.7. The van der Waals surface area contributed by atoms with Gasteiger partial charge < -0.3 is 10.2 Å². The molecule has 0 aliphatic carbocycles. The van der Waals surface area contributed by atoms with Crippen LogP contribution in [0.3, 0.4) is 0 Å². The number of anilines is 1. The molecule has 0 saturated carbocycles. The third-order valence-corrected chi connectivity index (χ3v) is 7.31. The number of nitrogens with one attached hydrogen (secondary N) is 1. The minimum absolute atomic E-state index is 0.000189.